The summed E-state index contributed by atoms with van der Waals surface area (Å²) in [5, 5.41) is 0. The van der Waals surface area contributed by atoms with Gasteiger partial charge in [0, 0.05) is 6.07 Å². The summed E-state index contributed by atoms with van der Waals surface area (Å²) in [6, 6.07) is 17.2. The van der Waals surface area contributed by atoms with Gasteiger partial charge in [-0.25, -0.2) is 0 Å². The molecule has 2 heteroatoms. The van der Waals surface area contributed by atoms with Crippen molar-refractivity contribution in [3.05, 3.63) is 54.6 Å². The first-order valence-electron chi connectivity index (χ1n) is 4.75. The third-order valence-electron chi connectivity index (χ3n) is 2.02. The lowest BCUT2D eigenvalue weighted by Gasteiger charge is -2.06. The van der Waals surface area contributed by atoms with Gasteiger partial charge in [0.15, 0.2) is 0 Å². The Hall–Kier alpha value is -1.96. The first-order chi connectivity index (χ1) is 7.38. The van der Waals surface area contributed by atoms with Crippen LogP contribution in [0.25, 0.3) is 0 Å². The van der Waals surface area contributed by atoms with E-state index in [9.17, 15) is 0 Å². The van der Waals surface area contributed by atoms with Gasteiger partial charge >= 0.3 is 0 Å². The fourth-order valence-electron chi connectivity index (χ4n) is 1.29. The van der Waals surface area contributed by atoms with Gasteiger partial charge in [-0.15, -0.1) is 0 Å². The van der Waals surface area contributed by atoms with Crippen molar-refractivity contribution in [2.45, 2.75) is 0 Å². The van der Waals surface area contributed by atoms with Gasteiger partial charge in [0.1, 0.15) is 17.2 Å². The first kappa shape index (κ1) is 9.59. The average molecular weight is 200 g/mol. The van der Waals surface area contributed by atoms with E-state index in [0.29, 0.717) is 0 Å². The summed E-state index contributed by atoms with van der Waals surface area (Å²) in [4.78, 5) is 0. The van der Waals surface area contributed by atoms with Gasteiger partial charge < -0.3 is 9.47 Å². The fourth-order valence-corrected chi connectivity index (χ4v) is 1.29. The fraction of sp³-hybridized carbons (Fsp3) is 0.0769. The van der Waals surface area contributed by atoms with Gasteiger partial charge in [-0.05, 0) is 24.3 Å². The predicted octanol–water partition coefficient (Wildman–Crippen LogP) is 3.49. The molecule has 0 aromatic heterocycles. The second-order valence-corrected chi connectivity index (χ2v) is 3.09. The number of para-hydroxylation sites is 1. The molecule has 2 nitrogen and oxygen atoms in total. The summed E-state index contributed by atoms with van der Waals surface area (Å²) in [7, 11) is 1.64. The molecule has 0 saturated carbocycles. The highest BCUT2D eigenvalue weighted by atomic mass is 16.5. The van der Waals surface area contributed by atoms with Crippen LogP contribution in [0.2, 0.25) is 0 Å². The molecule has 0 aliphatic carbocycles. The molecular formula is C13H12O2. The number of hydrogen-bond acceptors (Lipinski definition) is 2. The van der Waals surface area contributed by atoms with Crippen molar-refractivity contribution in [3.8, 4) is 17.2 Å². The van der Waals surface area contributed by atoms with E-state index in [1.807, 2.05) is 54.6 Å². The van der Waals surface area contributed by atoms with Crippen molar-refractivity contribution in [3.63, 3.8) is 0 Å². The molecule has 0 N–H and O–H groups in total. The molecule has 0 bridgehead atoms. The zero-order chi connectivity index (χ0) is 10.5. The van der Waals surface area contributed by atoms with E-state index in [4.69, 9.17) is 9.47 Å². The van der Waals surface area contributed by atoms with E-state index in [1.54, 1.807) is 7.11 Å². The van der Waals surface area contributed by atoms with Crippen LogP contribution in [0.4, 0.5) is 0 Å². The molecule has 76 valence electrons. The van der Waals surface area contributed by atoms with Crippen molar-refractivity contribution in [2.24, 2.45) is 0 Å². The molecule has 2 aromatic rings. The van der Waals surface area contributed by atoms with Crippen LogP contribution < -0.4 is 9.47 Å². The molecule has 15 heavy (non-hydrogen) atoms. The second kappa shape index (κ2) is 4.51. The molecule has 0 amide bonds. The summed E-state index contributed by atoms with van der Waals surface area (Å²) < 4.78 is 10.8. The second-order valence-electron chi connectivity index (χ2n) is 3.09. The van der Waals surface area contributed by atoms with E-state index >= 15 is 0 Å². The van der Waals surface area contributed by atoms with Crippen LogP contribution in [0.15, 0.2) is 54.6 Å². The largest absolute Gasteiger partial charge is 0.497 e. The quantitative estimate of drug-likeness (QED) is 0.755. The number of ether oxygens (including phenoxy) is 2. The minimum absolute atomic E-state index is 0.778. The van der Waals surface area contributed by atoms with Crippen molar-refractivity contribution in [2.75, 3.05) is 7.11 Å². The minimum atomic E-state index is 0.778. The standard InChI is InChI=1S/C13H12O2/c1-14-12-8-5-9-13(10-12)15-11-6-3-2-4-7-11/h2-10H,1H3. The monoisotopic (exact) mass is 200 g/mol. The third kappa shape index (κ3) is 2.50. The number of rotatable bonds is 3. The minimum Gasteiger partial charge on any atom is -0.497 e. The zero-order valence-corrected chi connectivity index (χ0v) is 8.51. The molecule has 2 aromatic carbocycles. The number of benzene rings is 2. The molecular weight excluding hydrogens is 188 g/mol. The van der Waals surface area contributed by atoms with Gasteiger partial charge in [-0.2, -0.15) is 0 Å². The van der Waals surface area contributed by atoms with E-state index in [1.165, 1.54) is 0 Å². The predicted molar refractivity (Wildman–Crippen MR) is 59.5 cm³/mol. The maximum Gasteiger partial charge on any atom is 0.131 e. The van der Waals surface area contributed by atoms with Crippen LogP contribution in [-0.2, 0) is 0 Å². The lowest BCUT2D eigenvalue weighted by Crippen LogP contribution is -1.85. The average Bonchev–Trinajstić information content (AvgIpc) is 2.31. The van der Waals surface area contributed by atoms with Crippen LogP contribution in [-0.4, -0.2) is 7.11 Å². The van der Waals surface area contributed by atoms with Gasteiger partial charge in [0.2, 0.25) is 0 Å². The molecule has 0 radical (unpaired) electrons. The molecule has 0 aliphatic rings. The topological polar surface area (TPSA) is 18.5 Å². The van der Waals surface area contributed by atoms with Crippen LogP contribution >= 0.6 is 0 Å². The molecule has 0 heterocycles. The SMILES string of the molecule is COc1cccc(Oc2ccccc2)c1. The summed E-state index contributed by atoms with van der Waals surface area (Å²) in [6.07, 6.45) is 0. The van der Waals surface area contributed by atoms with Crippen molar-refractivity contribution >= 4 is 0 Å². The smallest absolute Gasteiger partial charge is 0.131 e. The highest BCUT2D eigenvalue weighted by molar-refractivity contribution is 5.36. The summed E-state index contributed by atoms with van der Waals surface area (Å²) in [5.41, 5.74) is 0. The molecule has 0 atom stereocenters. The Balaban J connectivity index is 2.17. The van der Waals surface area contributed by atoms with Gasteiger partial charge in [0.05, 0.1) is 7.11 Å². The molecule has 0 unspecified atom stereocenters. The molecule has 2 rings (SSSR count). The van der Waals surface area contributed by atoms with Crippen molar-refractivity contribution in [1.82, 2.24) is 0 Å². The molecule has 0 aliphatic heterocycles. The Labute approximate surface area is 89.1 Å². The van der Waals surface area contributed by atoms with E-state index in [0.717, 1.165) is 17.2 Å². The Morgan fingerprint density at radius 2 is 1.40 bits per heavy atom. The summed E-state index contributed by atoms with van der Waals surface area (Å²) in [5.74, 6) is 2.40. The zero-order valence-electron chi connectivity index (χ0n) is 8.51. The Morgan fingerprint density at radius 3 is 2.13 bits per heavy atom. The molecule has 0 fully saturated rings. The Bertz CT molecular complexity index is 424. The van der Waals surface area contributed by atoms with E-state index < -0.39 is 0 Å². The van der Waals surface area contributed by atoms with Crippen molar-refractivity contribution in [1.29, 1.82) is 0 Å². The number of hydrogen-bond donors (Lipinski definition) is 0. The first-order valence-corrected chi connectivity index (χ1v) is 4.75. The molecule has 0 saturated heterocycles. The number of methoxy groups -OCH3 is 1. The summed E-state index contributed by atoms with van der Waals surface area (Å²) in [6.45, 7) is 0. The van der Waals surface area contributed by atoms with Crippen molar-refractivity contribution < 1.29 is 9.47 Å². The Kier molecular flexibility index (Phi) is 2.88. The lowest BCUT2D eigenvalue weighted by atomic mass is 10.3. The van der Waals surface area contributed by atoms with Gasteiger partial charge in [0.25, 0.3) is 0 Å². The lowest BCUT2D eigenvalue weighted by molar-refractivity contribution is 0.409. The highest BCUT2D eigenvalue weighted by Gasteiger charge is 1.97. The van der Waals surface area contributed by atoms with Crippen LogP contribution in [0.1, 0.15) is 0 Å². The Morgan fingerprint density at radius 1 is 0.733 bits per heavy atom. The van der Waals surface area contributed by atoms with Crippen LogP contribution in [0.3, 0.4) is 0 Å². The molecule has 0 spiro atoms. The van der Waals surface area contributed by atoms with E-state index in [-0.39, 0.29) is 0 Å². The summed E-state index contributed by atoms with van der Waals surface area (Å²) >= 11 is 0. The maximum absolute atomic E-state index is 5.64. The highest BCUT2D eigenvalue weighted by Crippen LogP contribution is 2.24. The van der Waals surface area contributed by atoms with Crippen LogP contribution in [0, 0.1) is 0 Å². The van der Waals surface area contributed by atoms with Gasteiger partial charge in [-0.1, -0.05) is 24.3 Å². The third-order valence-corrected chi connectivity index (χ3v) is 2.02. The maximum atomic E-state index is 5.64. The normalized spacial score (nSPS) is 9.67. The van der Waals surface area contributed by atoms with Gasteiger partial charge in [-0.3, -0.25) is 0 Å². The van der Waals surface area contributed by atoms with Crippen LogP contribution in [0.5, 0.6) is 17.2 Å². The van der Waals surface area contributed by atoms with E-state index in [2.05, 4.69) is 0 Å².